The maximum atomic E-state index is 13.2. The van der Waals surface area contributed by atoms with Gasteiger partial charge in [0.2, 0.25) is 0 Å². The van der Waals surface area contributed by atoms with Crippen LogP contribution in [-0.4, -0.2) is 39.3 Å². The first-order chi connectivity index (χ1) is 13.5. The van der Waals surface area contributed by atoms with Crippen LogP contribution in [0.3, 0.4) is 0 Å². The van der Waals surface area contributed by atoms with Crippen molar-refractivity contribution in [2.75, 3.05) is 6.54 Å². The van der Waals surface area contributed by atoms with E-state index in [-0.39, 0.29) is 48.8 Å². The number of carbonyl (C=O) groups excluding carboxylic acids is 1. The Balaban J connectivity index is 0.00000160. The monoisotopic (exact) mass is 449 g/mol. The highest BCUT2D eigenvalue weighted by molar-refractivity contribution is 6.06. The second kappa shape index (κ2) is 10.2. The molecule has 2 aromatic heterocycles. The second-order valence-corrected chi connectivity index (χ2v) is 7.81. The maximum absolute atomic E-state index is 13.2. The van der Waals surface area contributed by atoms with Gasteiger partial charge >= 0.3 is 0 Å². The number of nitrogens with one attached hydrogen (secondary N) is 2. The van der Waals surface area contributed by atoms with Crippen LogP contribution in [0.15, 0.2) is 42.6 Å². The third-order valence-electron chi connectivity index (χ3n) is 5.45. The molecular formula is C22H29Cl2N5O. The fourth-order valence-corrected chi connectivity index (χ4v) is 3.83. The minimum absolute atomic E-state index is 0. The number of amides is 1. The van der Waals surface area contributed by atoms with Gasteiger partial charge in [0.15, 0.2) is 5.65 Å². The molecule has 0 saturated carbocycles. The van der Waals surface area contributed by atoms with E-state index in [0.717, 1.165) is 41.7 Å². The van der Waals surface area contributed by atoms with Crippen LogP contribution in [0.1, 0.15) is 50.0 Å². The van der Waals surface area contributed by atoms with Crippen molar-refractivity contribution in [2.24, 2.45) is 0 Å². The molecule has 1 aliphatic heterocycles. The number of benzene rings is 1. The first-order valence-electron chi connectivity index (χ1n) is 10.0. The summed E-state index contributed by atoms with van der Waals surface area (Å²) < 4.78 is 1.88. The van der Waals surface area contributed by atoms with Crippen molar-refractivity contribution in [3.63, 3.8) is 0 Å². The smallest absolute Gasteiger partial charge is 0.252 e. The standard InChI is InChI=1S/C22H27N5O.2ClH/c1-14(2)27-21-18(13-24-27)17(12-20(25-21)16-8-5-4-6-9-16)22(28)26-19-10-7-11-23-15(19)3;;/h4-6,8-9,12-15,19,23H,7,10-11H2,1-3H3,(H,26,28);2*1H. The molecule has 3 aromatic rings. The zero-order valence-electron chi connectivity index (χ0n) is 17.5. The molecule has 0 aliphatic carbocycles. The number of fused-ring (bicyclic) bond motifs is 1. The molecule has 6 nitrogen and oxygen atoms in total. The Kier molecular flexibility index (Phi) is 8.24. The van der Waals surface area contributed by atoms with Gasteiger partial charge in [-0.05, 0) is 46.2 Å². The van der Waals surface area contributed by atoms with Gasteiger partial charge in [0.05, 0.1) is 22.8 Å². The van der Waals surface area contributed by atoms with Crippen LogP contribution in [0.2, 0.25) is 0 Å². The third-order valence-corrected chi connectivity index (χ3v) is 5.45. The summed E-state index contributed by atoms with van der Waals surface area (Å²) in [5.74, 6) is -0.0616. The topological polar surface area (TPSA) is 71.8 Å². The predicted molar refractivity (Wildman–Crippen MR) is 126 cm³/mol. The number of piperidine rings is 1. The van der Waals surface area contributed by atoms with Crippen molar-refractivity contribution in [3.05, 3.63) is 48.2 Å². The average Bonchev–Trinajstić information content (AvgIpc) is 3.14. The molecule has 8 heteroatoms. The maximum Gasteiger partial charge on any atom is 0.252 e. The molecule has 1 amide bonds. The van der Waals surface area contributed by atoms with Crippen molar-refractivity contribution in [1.29, 1.82) is 0 Å². The Bertz CT molecular complexity index is 990. The molecule has 2 N–H and O–H groups in total. The quantitative estimate of drug-likeness (QED) is 0.619. The largest absolute Gasteiger partial charge is 0.348 e. The highest BCUT2D eigenvalue weighted by atomic mass is 35.5. The van der Waals surface area contributed by atoms with E-state index in [1.807, 2.05) is 41.1 Å². The predicted octanol–water partition coefficient (Wildman–Crippen LogP) is 4.39. The van der Waals surface area contributed by atoms with E-state index in [9.17, 15) is 4.79 Å². The number of pyridine rings is 1. The molecule has 0 radical (unpaired) electrons. The summed E-state index contributed by atoms with van der Waals surface area (Å²) in [7, 11) is 0. The van der Waals surface area contributed by atoms with E-state index in [4.69, 9.17) is 4.98 Å². The average molecular weight is 450 g/mol. The number of hydrogen-bond acceptors (Lipinski definition) is 4. The van der Waals surface area contributed by atoms with E-state index in [1.54, 1.807) is 6.20 Å². The van der Waals surface area contributed by atoms with Gasteiger partial charge in [-0.3, -0.25) is 4.79 Å². The number of aromatic nitrogens is 3. The number of hydrogen-bond donors (Lipinski definition) is 2. The zero-order chi connectivity index (χ0) is 19.7. The molecule has 1 saturated heterocycles. The summed E-state index contributed by atoms with van der Waals surface area (Å²) in [5.41, 5.74) is 3.16. The molecule has 1 fully saturated rings. The molecule has 2 unspecified atom stereocenters. The molecule has 4 rings (SSSR count). The van der Waals surface area contributed by atoms with Gasteiger partial charge < -0.3 is 10.6 Å². The van der Waals surface area contributed by atoms with Crippen molar-refractivity contribution in [2.45, 2.75) is 51.7 Å². The van der Waals surface area contributed by atoms with Crippen LogP contribution < -0.4 is 10.6 Å². The fraction of sp³-hybridized carbons (Fsp3) is 0.409. The van der Waals surface area contributed by atoms with E-state index in [1.165, 1.54) is 0 Å². The van der Waals surface area contributed by atoms with Crippen LogP contribution in [0.4, 0.5) is 0 Å². The van der Waals surface area contributed by atoms with Crippen molar-refractivity contribution < 1.29 is 4.79 Å². The van der Waals surface area contributed by atoms with E-state index in [2.05, 4.69) is 36.5 Å². The van der Waals surface area contributed by atoms with E-state index in [0.29, 0.717) is 5.56 Å². The Hall–Kier alpha value is -2.15. The third kappa shape index (κ3) is 4.77. The van der Waals surface area contributed by atoms with Crippen molar-refractivity contribution >= 4 is 41.8 Å². The first-order valence-corrected chi connectivity index (χ1v) is 10.0. The van der Waals surface area contributed by atoms with Crippen molar-refractivity contribution in [1.82, 2.24) is 25.4 Å². The number of carbonyl (C=O) groups is 1. The van der Waals surface area contributed by atoms with Gasteiger partial charge in [-0.1, -0.05) is 30.3 Å². The van der Waals surface area contributed by atoms with E-state index < -0.39 is 0 Å². The van der Waals surface area contributed by atoms with Gasteiger partial charge in [0.1, 0.15) is 0 Å². The lowest BCUT2D eigenvalue weighted by Crippen LogP contribution is -2.51. The van der Waals surface area contributed by atoms with Crippen LogP contribution in [0, 0.1) is 0 Å². The lowest BCUT2D eigenvalue weighted by atomic mass is 9.99. The summed E-state index contributed by atoms with van der Waals surface area (Å²) >= 11 is 0. The molecule has 1 aliphatic rings. The molecule has 0 bridgehead atoms. The molecule has 0 spiro atoms. The summed E-state index contributed by atoms with van der Waals surface area (Å²) in [5, 5.41) is 12.0. The molecule has 2 atom stereocenters. The van der Waals surface area contributed by atoms with Gasteiger partial charge in [-0.25, -0.2) is 9.67 Å². The van der Waals surface area contributed by atoms with Crippen LogP contribution in [-0.2, 0) is 0 Å². The normalized spacial score (nSPS) is 18.5. The lowest BCUT2D eigenvalue weighted by Gasteiger charge is -2.30. The lowest BCUT2D eigenvalue weighted by molar-refractivity contribution is 0.0921. The minimum atomic E-state index is -0.0616. The van der Waals surface area contributed by atoms with Gasteiger partial charge in [-0.2, -0.15) is 5.10 Å². The molecule has 30 heavy (non-hydrogen) atoms. The fourth-order valence-electron chi connectivity index (χ4n) is 3.83. The summed E-state index contributed by atoms with van der Waals surface area (Å²) in [6.07, 6.45) is 3.82. The number of halogens is 2. The van der Waals surface area contributed by atoms with Crippen LogP contribution in [0.5, 0.6) is 0 Å². The molecule has 1 aromatic carbocycles. The Morgan fingerprint density at radius 3 is 2.63 bits per heavy atom. The highest BCUT2D eigenvalue weighted by Crippen LogP contribution is 2.26. The number of nitrogens with zero attached hydrogens (tertiary/aromatic N) is 3. The Labute approximate surface area is 189 Å². The molecule has 3 heterocycles. The summed E-state index contributed by atoms with van der Waals surface area (Å²) in [4.78, 5) is 18.1. The molecular weight excluding hydrogens is 421 g/mol. The number of rotatable bonds is 4. The first kappa shape index (κ1) is 24.1. The Morgan fingerprint density at radius 2 is 1.97 bits per heavy atom. The zero-order valence-corrected chi connectivity index (χ0v) is 19.1. The van der Waals surface area contributed by atoms with Crippen LogP contribution >= 0.6 is 24.8 Å². The molecule has 162 valence electrons. The van der Waals surface area contributed by atoms with Gasteiger partial charge in [0.25, 0.3) is 5.91 Å². The van der Waals surface area contributed by atoms with Crippen LogP contribution in [0.25, 0.3) is 22.3 Å². The van der Waals surface area contributed by atoms with Crippen molar-refractivity contribution in [3.8, 4) is 11.3 Å². The highest BCUT2D eigenvalue weighted by Gasteiger charge is 2.25. The summed E-state index contributed by atoms with van der Waals surface area (Å²) in [6.45, 7) is 7.27. The van der Waals surface area contributed by atoms with E-state index >= 15 is 0 Å². The second-order valence-electron chi connectivity index (χ2n) is 7.81. The van der Waals surface area contributed by atoms with Gasteiger partial charge in [-0.15, -0.1) is 24.8 Å². The Morgan fingerprint density at radius 1 is 1.23 bits per heavy atom. The minimum Gasteiger partial charge on any atom is -0.348 e. The SMILES string of the molecule is CC1NCCCC1NC(=O)c1cc(-c2ccccc2)nc2c1cnn2C(C)C.Cl.Cl. The summed E-state index contributed by atoms with van der Waals surface area (Å²) in [6, 6.07) is 12.4. The van der Waals surface area contributed by atoms with Gasteiger partial charge in [0, 0.05) is 23.7 Å².